The molecule has 3 rings (SSSR count). The van der Waals surface area contributed by atoms with Crippen molar-refractivity contribution in [2.24, 2.45) is 11.3 Å². The predicted octanol–water partition coefficient (Wildman–Crippen LogP) is 2.49. The van der Waals surface area contributed by atoms with Crippen LogP contribution in [-0.2, 0) is 16.1 Å². The molecule has 0 bridgehead atoms. The van der Waals surface area contributed by atoms with Gasteiger partial charge in [-0.15, -0.1) is 0 Å². The summed E-state index contributed by atoms with van der Waals surface area (Å²) in [5, 5.41) is 12.1. The van der Waals surface area contributed by atoms with Crippen LogP contribution in [0.2, 0.25) is 0 Å². The highest BCUT2D eigenvalue weighted by atomic mass is 16.5. The summed E-state index contributed by atoms with van der Waals surface area (Å²) in [4.78, 5) is 25.0. The average molecular weight is 346 g/mol. The van der Waals surface area contributed by atoms with Crippen LogP contribution in [-0.4, -0.2) is 47.2 Å². The van der Waals surface area contributed by atoms with E-state index in [1.807, 2.05) is 30.3 Å². The van der Waals surface area contributed by atoms with Crippen molar-refractivity contribution in [3.63, 3.8) is 0 Å². The van der Waals surface area contributed by atoms with Crippen molar-refractivity contribution in [2.75, 3.05) is 13.1 Å². The zero-order chi connectivity index (χ0) is 18.0. The highest BCUT2D eigenvalue weighted by molar-refractivity contribution is 5.77. The van der Waals surface area contributed by atoms with E-state index in [1.54, 1.807) is 4.90 Å². The molecule has 1 aliphatic heterocycles. The number of amides is 2. The van der Waals surface area contributed by atoms with E-state index < -0.39 is 11.9 Å². The van der Waals surface area contributed by atoms with Crippen molar-refractivity contribution in [3.8, 4) is 0 Å². The number of carbonyl (C=O) groups excluding carboxylic acids is 1. The Bertz CT molecular complexity index is 632. The van der Waals surface area contributed by atoms with Gasteiger partial charge in [0.1, 0.15) is 0 Å². The molecule has 2 N–H and O–H groups in total. The van der Waals surface area contributed by atoms with Crippen molar-refractivity contribution in [1.82, 2.24) is 10.2 Å². The maximum absolute atomic E-state index is 12.4. The fraction of sp³-hybridized carbons (Fsp3) is 0.579. The van der Waals surface area contributed by atoms with E-state index in [0.29, 0.717) is 26.1 Å². The molecule has 25 heavy (non-hydrogen) atoms. The van der Waals surface area contributed by atoms with E-state index in [4.69, 9.17) is 9.84 Å². The Morgan fingerprint density at radius 1 is 1.32 bits per heavy atom. The predicted molar refractivity (Wildman–Crippen MR) is 93.1 cm³/mol. The second kappa shape index (κ2) is 7.04. The molecule has 2 amide bonds. The van der Waals surface area contributed by atoms with Gasteiger partial charge in [-0.1, -0.05) is 44.2 Å². The van der Waals surface area contributed by atoms with Crippen molar-refractivity contribution in [2.45, 2.75) is 45.4 Å². The summed E-state index contributed by atoms with van der Waals surface area (Å²) in [6, 6.07) is 9.93. The molecule has 2 aliphatic rings. The molecule has 0 spiro atoms. The van der Waals surface area contributed by atoms with Gasteiger partial charge in [0.25, 0.3) is 0 Å². The first-order valence-electron chi connectivity index (χ1n) is 8.81. The molecule has 1 saturated heterocycles. The Hall–Kier alpha value is -2.08. The number of nitrogens with zero attached hydrogens (tertiary/aromatic N) is 1. The number of carboxylic acids is 1. The van der Waals surface area contributed by atoms with Crippen LogP contribution >= 0.6 is 0 Å². The first-order chi connectivity index (χ1) is 11.9. The summed E-state index contributed by atoms with van der Waals surface area (Å²) < 4.78 is 6.02. The van der Waals surface area contributed by atoms with Crippen LogP contribution in [0.3, 0.4) is 0 Å². The summed E-state index contributed by atoms with van der Waals surface area (Å²) in [6.07, 6.45) is 1.41. The summed E-state index contributed by atoms with van der Waals surface area (Å²) >= 11 is 0. The number of urea groups is 1. The maximum Gasteiger partial charge on any atom is 0.317 e. The van der Waals surface area contributed by atoms with Gasteiger partial charge in [-0.25, -0.2) is 4.79 Å². The molecule has 1 aliphatic carbocycles. The van der Waals surface area contributed by atoms with Crippen LogP contribution in [0.4, 0.5) is 4.79 Å². The van der Waals surface area contributed by atoms with Gasteiger partial charge in [-0.2, -0.15) is 0 Å². The summed E-state index contributed by atoms with van der Waals surface area (Å²) in [6.45, 7) is 5.57. The van der Waals surface area contributed by atoms with Crippen molar-refractivity contribution < 1.29 is 19.4 Å². The van der Waals surface area contributed by atoms with Crippen molar-refractivity contribution >= 4 is 12.0 Å². The van der Waals surface area contributed by atoms with Gasteiger partial charge in [0, 0.05) is 24.5 Å². The zero-order valence-electron chi connectivity index (χ0n) is 14.8. The Morgan fingerprint density at radius 3 is 2.64 bits per heavy atom. The molecule has 1 aromatic carbocycles. The quantitative estimate of drug-likeness (QED) is 0.858. The van der Waals surface area contributed by atoms with Gasteiger partial charge < -0.3 is 20.1 Å². The van der Waals surface area contributed by atoms with E-state index in [9.17, 15) is 9.59 Å². The van der Waals surface area contributed by atoms with Crippen LogP contribution in [0.25, 0.3) is 0 Å². The lowest BCUT2D eigenvalue weighted by molar-refractivity contribution is -0.141. The fourth-order valence-electron chi connectivity index (χ4n) is 3.57. The number of benzene rings is 1. The Morgan fingerprint density at radius 2 is 2.04 bits per heavy atom. The molecule has 1 aromatic rings. The summed E-state index contributed by atoms with van der Waals surface area (Å²) in [5.41, 5.74) is 0.999. The number of aliphatic carboxylic acids is 1. The number of rotatable bonds is 5. The summed E-state index contributed by atoms with van der Waals surface area (Å²) in [7, 11) is 0. The van der Waals surface area contributed by atoms with Crippen LogP contribution in [0.1, 0.15) is 32.3 Å². The van der Waals surface area contributed by atoms with E-state index >= 15 is 0 Å². The Kier molecular flexibility index (Phi) is 4.99. The third kappa shape index (κ3) is 3.79. The monoisotopic (exact) mass is 346 g/mol. The highest BCUT2D eigenvalue weighted by Crippen LogP contribution is 2.43. The largest absolute Gasteiger partial charge is 0.481 e. The molecule has 0 radical (unpaired) electrons. The number of carbonyl (C=O) groups is 2. The zero-order valence-corrected chi connectivity index (χ0v) is 14.8. The third-order valence-corrected chi connectivity index (χ3v) is 5.59. The van der Waals surface area contributed by atoms with Crippen LogP contribution in [0.15, 0.2) is 30.3 Å². The Balaban J connectivity index is 1.47. The number of hydrogen-bond donors (Lipinski definition) is 2. The third-order valence-electron chi connectivity index (χ3n) is 5.59. The van der Waals surface area contributed by atoms with Gasteiger partial charge in [0.15, 0.2) is 0 Å². The van der Waals surface area contributed by atoms with Gasteiger partial charge in [-0.3, -0.25) is 4.79 Å². The van der Waals surface area contributed by atoms with Gasteiger partial charge >= 0.3 is 12.0 Å². The normalized spacial score (nSPS) is 27.6. The second-order valence-electron chi connectivity index (χ2n) is 7.61. The SMILES string of the molecule is CC1(C)C(NC(=O)N2CCC(C(=O)O)C2)CC1OCc1ccccc1. The first-order valence-corrected chi connectivity index (χ1v) is 8.81. The van der Waals surface area contributed by atoms with Crippen LogP contribution in [0, 0.1) is 11.3 Å². The van der Waals surface area contributed by atoms with E-state index in [-0.39, 0.29) is 23.6 Å². The van der Waals surface area contributed by atoms with Crippen LogP contribution in [0.5, 0.6) is 0 Å². The lowest BCUT2D eigenvalue weighted by Crippen LogP contribution is -2.63. The molecular weight excluding hydrogens is 320 g/mol. The molecule has 6 nitrogen and oxygen atoms in total. The van der Waals surface area contributed by atoms with Gasteiger partial charge in [0.2, 0.25) is 0 Å². The standard InChI is InChI=1S/C19H26N2O4/c1-19(2)15(10-16(19)25-12-13-6-4-3-5-7-13)20-18(24)21-9-8-14(11-21)17(22)23/h3-7,14-16H,8-12H2,1-2H3,(H,20,24)(H,22,23). The lowest BCUT2D eigenvalue weighted by atomic mass is 9.64. The smallest absolute Gasteiger partial charge is 0.317 e. The van der Waals surface area contributed by atoms with E-state index in [0.717, 1.165) is 12.0 Å². The molecule has 3 atom stereocenters. The minimum absolute atomic E-state index is 0.0460. The molecule has 1 heterocycles. The fourth-order valence-corrected chi connectivity index (χ4v) is 3.57. The maximum atomic E-state index is 12.4. The topological polar surface area (TPSA) is 78.9 Å². The molecule has 2 fully saturated rings. The van der Waals surface area contributed by atoms with Gasteiger partial charge in [0.05, 0.1) is 18.6 Å². The minimum atomic E-state index is -0.825. The molecule has 0 aromatic heterocycles. The number of carboxylic acid groups (broad SMARTS) is 1. The summed E-state index contributed by atoms with van der Waals surface area (Å²) in [5.74, 6) is -1.27. The first kappa shape index (κ1) is 17.7. The Labute approximate surface area is 148 Å². The number of ether oxygens (including phenoxy) is 1. The molecule has 3 unspecified atom stereocenters. The minimum Gasteiger partial charge on any atom is -0.481 e. The molecular formula is C19H26N2O4. The van der Waals surface area contributed by atoms with Gasteiger partial charge in [-0.05, 0) is 18.4 Å². The van der Waals surface area contributed by atoms with Crippen molar-refractivity contribution in [1.29, 1.82) is 0 Å². The molecule has 6 heteroatoms. The van der Waals surface area contributed by atoms with Crippen LogP contribution < -0.4 is 5.32 Å². The number of likely N-dealkylation sites (tertiary alicyclic amines) is 1. The lowest BCUT2D eigenvalue weighted by Gasteiger charge is -2.51. The van der Waals surface area contributed by atoms with E-state index in [1.165, 1.54) is 0 Å². The second-order valence-corrected chi connectivity index (χ2v) is 7.61. The number of nitrogens with one attached hydrogen (secondary N) is 1. The molecule has 1 saturated carbocycles. The van der Waals surface area contributed by atoms with Crippen molar-refractivity contribution in [3.05, 3.63) is 35.9 Å². The average Bonchev–Trinajstić information content (AvgIpc) is 3.08. The number of hydrogen-bond acceptors (Lipinski definition) is 3. The van der Waals surface area contributed by atoms with E-state index in [2.05, 4.69) is 19.2 Å². The molecule has 136 valence electrons. The highest BCUT2D eigenvalue weighted by Gasteiger charge is 2.50.